The van der Waals surface area contributed by atoms with Crippen LogP contribution in [0.5, 0.6) is 0 Å². The van der Waals surface area contributed by atoms with Gasteiger partial charge in [0.25, 0.3) is 0 Å². The Balaban J connectivity index is 1.60. The van der Waals surface area contributed by atoms with E-state index in [9.17, 15) is 4.79 Å². The van der Waals surface area contributed by atoms with Gasteiger partial charge in [-0.25, -0.2) is 0 Å². The van der Waals surface area contributed by atoms with E-state index in [-0.39, 0.29) is 5.91 Å². The van der Waals surface area contributed by atoms with E-state index in [1.807, 2.05) is 0 Å². The van der Waals surface area contributed by atoms with E-state index in [1.54, 1.807) is 0 Å². The second kappa shape index (κ2) is 7.08. The summed E-state index contributed by atoms with van der Waals surface area (Å²) in [5.41, 5.74) is 0. The normalized spacial score (nSPS) is 14.4. The number of amides is 1. The fourth-order valence-electron chi connectivity index (χ4n) is 1.58. The van der Waals surface area contributed by atoms with Crippen LogP contribution in [0.25, 0.3) is 0 Å². The quantitative estimate of drug-likeness (QED) is 0.569. The standard InChI is InChI=1S/C12H21N5O2/c1-2-6-13-8-11-16-17-12(19-11)14-7-5-10(18)15-9-3-4-9/h9,13H,2-8H2,1H3,(H,14,17)(H,15,18). The highest BCUT2D eigenvalue weighted by Crippen LogP contribution is 2.18. The molecule has 1 aromatic rings. The topological polar surface area (TPSA) is 92.1 Å². The molecule has 1 amide bonds. The molecule has 0 aromatic carbocycles. The summed E-state index contributed by atoms with van der Waals surface area (Å²) in [6.07, 6.45) is 3.70. The highest BCUT2D eigenvalue weighted by atomic mass is 16.4. The molecule has 1 aromatic heterocycles. The monoisotopic (exact) mass is 267 g/mol. The van der Waals surface area contributed by atoms with Gasteiger partial charge in [-0.3, -0.25) is 4.79 Å². The van der Waals surface area contributed by atoms with Crippen LogP contribution in [0.3, 0.4) is 0 Å². The third kappa shape index (κ3) is 5.25. The Morgan fingerprint density at radius 2 is 2.21 bits per heavy atom. The van der Waals surface area contributed by atoms with Crippen LogP contribution in [0.4, 0.5) is 6.01 Å². The molecule has 1 fully saturated rings. The van der Waals surface area contributed by atoms with Gasteiger partial charge >= 0.3 is 6.01 Å². The molecule has 0 bridgehead atoms. The Hall–Kier alpha value is -1.63. The summed E-state index contributed by atoms with van der Waals surface area (Å²) in [7, 11) is 0. The zero-order valence-electron chi connectivity index (χ0n) is 11.2. The van der Waals surface area contributed by atoms with Crippen molar-refractivity contribution < 1.29 is 9.21 Å². The van der Waals surface area contributed by atoms with Crippen molar-refractivity contribution in [2.24, 2.45) is 0 Å². The lowest BCUT2D eigenvalue weighted by atomic mass is 10.4. The SMILES string of the molecule is CCCNCc1nnc(NCCC(=O)NC2CC2)o1. The molecule has 1 aliphatic carbocycles. The molecule has 1 saturated carbocycles. The summed E-state index contributed by atoms with van der Waals surface area (Å²) in [5.74, 6) is 0.623. The summed E-state index contributed by atoms with van der Waals surface area (Å²) in [4.78, 5) is 11.4. The van der Waals surface area contributed by atoms with Crippen LogP contribution in [-0.4, -0.2) is 35.2 Å². The fourth-order valence-corrected chi connectivity index (χ4v) is 1.58. The minimum atomic E-state index is 0.0688. The van der Waals surface area contributed by atoms with Crippen LogP contribution in [0.15, 0.2) is 4.42 Å². The number of rotatable bonds is 9. The first kappa shape index (κ1) is 13.8. The second-order valence-corrected chi connectivity index (χ2v) is 4.70. The van der Waals surface area contributed by atoms with Gasteiger partial charge in [0.05, 0.1) is 6.54 Å². The fraction of sp³-hybridized carbons (Fsp3) is 0.750. The molecule has 0 unspecified atom stereocenters. The first-order chi connectivity index (χ1) is 9.28. The molecule has 0 aliphatic heterocycles. The maximum absolute atomic E-state index is 11.4. The summed E-state index contributed by atoms with van der Waals surface area (Å²) in [6, 6.07) is 0.777. The number of aromatic nitrogens is 2. The molecule has 0 radical (unpaired) electrons. The Morgan fingerprint density at radius 1 is 1.37 bits per heavy atom. The lowest BCUT2D eigenvalue weighted by molar-refractivity contribution is -0.120. The lowest BCUT2D eigenvalue weighted by Gasteiger charge is -2.02. The smallest absolute Gasteiger partial charge is 0.315 e. The first-order valence-electron chi connectivity index (χ1n) is 6.84. The number of carbonyl (C=O) groups excluding carboxylic acids is 1. The summed E-state index contributed by atoms with van der Waals surface area (Å²) in [5, 5.41) is 16.8. The van der Waals surface area contributed by atoms with E-state index >= 15 is 0 Å². The Labute approximate surface area is 112 Å². The number of anilines is 1. The number of nitrogens with one attached hydrogen (secondary N) is 3. The van der Waals surface area contributed by atoms with Gasteiger partial charge in [-0.15, -0.1) is 5.10 Å². The molecule has 2 rings (SSSR count). The van der Waals surface area contributed by atoms with E-state index in [1.165, 1.54) is 0 Å². The predicted octanol–water partition coefficient (Wildman–Crippen LogP) is 0.650. The van der Waals surface area contributed by atoms with Crippen LogP contribution >= 0.6 is 0 Å². The molecular weight excluding hydrogens is 246 g/mol. The van der Waals surface area contributed by atoms with Crippen LogP contribution in [-0.2, 0) is 11.3 Å². The average Bonchev–Trinajstić information content (AvgIpc) is 3.08. The zero-order valence-corrected chi connectivity index (χ0v) is 11.2. The van der Waals surface area contributed by atoms with Gasteiger partial charge in [0, 0.05) is 19.0 Å². The van der Waals surface area contributed by atoms with E-state index in [0.717, 1.165) is 25.8 Å². The van der Waals surface area contributed by atoms with Crippen molar-refractivity contribution in [2.75, 3.05) is 18.4 Å². The average molecular weight is 267 g/mol. The summed E-state index contributed by atoms with van der Waals surface area (Å²) in [6.45, 7) is 4.10. The van der Waals surface area contributed by atoms with Gasteiger partial charge in [-0.05, 0) is 25.8 Å². The van der Waals surface area contributed by atoms with E-state index in [2.05, 4.69) is 33.1 Å². The molecule has 0 atom stereocenters. The minimum absolute atomic E-state index is 0.0688. The van der Waals surface area contributed by atoms with Gasteiger partial charge in [0.15, 0.2) is 0 Å². The van der Waals surface area contributed by atoms with Gasteiger partial charge in [0.2, 0.25) is 11.8 Å². The molecule has 19 heavy (non-hydrogen) atoms. The van der Waals surface area contributed by atoms with Crippen LogP contribution in [0, 0.1) is 0 Å². The first-order valence-corrected chi connectivity index (χ1v) is 6.84. The highest BCUT2D eigenvalue weighted by molar-refractivity contribution is 5.77. The number of hydrogen-bond acceptors (Lipinski definition) is 6. The third-order valence-electron chi connectivity index (χ3n) is 2.74. The molecule has 0 spiro atoms. The van der Waals surface area contributed by atoms with Crippen molar-refractivity contribution in [3.8, 4) is 0 Å². The van der Waals surface area contributed by atoms with E-state index in [4.69, 9.17) is 4.42 Å². The zero-order chi connectivity index (χ0) is 13.5. The molecule has 1 aliphatic rings. The van der Waals surface area contributed by atoms with Gasteiger partial charge in [-0.1, -0.05) is 12.0 Å². The lowest BCUT2D eigenvalue weighted by Crippen LogP contribution is -2.27. The predicted molar refractivity (Wildman–Crippen MR) is 70.6 cm³/mol. The summed E-state index contributed by atoms with van der Waals surface area (Å²) >= 11 is 0. The molecule has 7 nitrogen and oxygen atoms in total. The van der Waals surface area contributed by atoms with Crippen molar-refractivity contribution in [1.29, 1.82) is 0 Å². The van der Waals surface area contributed by atoms with Crippen molar-refractivity contribution in [3.63, 3.8) is 0 Å². The highest BCUT2D eigenvalue weighted by Gasteiger charge is 2.22. The van der Waals surface area contributed by atoms with Crippen LogP contribution < -0.4 is 16.0 Å². The second-order valence-electron chi connectivity index (χ2n) is 4.70. The number of carbonyl (C=O) groups is 1. The Bertz CT molecular complexity index is 403. The molecule has 3 N–H and O–H groups in total. The molecule has 7 heteroatoms. The maximum Gasteiger partial charge on any atom is 0.315 e. The van der Waals surface area contributed by atoms with Gasteiger partial charge < -0.3 is 20.4 Å². The van der Waals surface area contributed by atoms with Crippen LogP contribution in [0.2, 0.25) is 0 Å². The molecule has 0 saturated heterocycles. The van der Waals surface area contributed by atoms with Crippen LogP contribution in [0.1, 0.15) is 38.5 Å². The third-order valence-corrected chi connectivity index (χ3v) is 2.74. The number of nitrogens with zero attached hydrogens (tertiary/aromatic N) is 2. The summed E-state index contributed by atoms with van der Waals surface area (Å²) < 4.78 is 5.38. The number of hydrogen-bond donors (Lipinski definition) is 3. The van der Waals surface area contributed by atoms with E-state index in [0.29, 0.717) is 37.5 Å². The van der Waals surface area contributed by atoms with Crippen molar-refractivity contribution in [2.45, 2.75) is 45.2 Å². The Kier molecular flexibility index (Phi) is 5.14. The molecular formula is C12H21N5O2. The molecule has 106 valence electrons. The van der Waals surface area contributed by atoms with Gasteiger partial charge in [0.1, 0.15) is 0 Å². The van der Waals surface area contributed by atoms with Crippen molar-refractivity contribution in [3.05, 3.63) is 5.89 Å². The van der Waals surface area contributed by atoms with E-state index < -0.39 is 0 Å². The van der Waals surface area contributed by atoms with Crippen molar-refractivity contribution in [1.82, 2.24) is 20.8 Å². The largest absolute Gasteiger partial charge is 0.407 e. The van der Waals surface area contributed by atoms with Gasteiger partial charge in [-0.2, -0.15) is 0 Å². The van der Waals surface area contributed by atoms with Crippen molar-refractivity contribution >= 4 is 11.9 Å². The maximum atomic E-state index is 11.4. The molecule has 1 heterocycles. The minimum Gasteiger partial charge on any atom is -0.407 e. The Morgan fingerprint density at radius 3 is 2.95 bits per heavy atom.